The van der Waals surface area contributed by atoms with Gasteiger partial charge in [0.1, 0.15) is 0 Å². The van der Waals surface area contributed by atoms with E-state index >= 15 is 0 Å². The predicted molar refractivity (Wildman–Crippen MR) is 116 cm³/mol. The van der Waals surface area contributed by atoms with Gasteiger partial charge in [0.2, 0.25) is 0 Å². The van der Waals surface area contributed by atoms with Gasteiger partial charge < -0.3 is 4.65 Å². The summed E-state index contributed by atoms with van der Waals surface area (Å²) in [4.78, 5) is 0. The van der Waals surface area contributed by atoms with E-state index in [0.29, 0.717) is 0 Å². The van der Waals surface area contributed by atoms with Crippen molar-refractivity contribution in [2.75, 3.05) is 0 Å². The number of hydrogen-bond donors (Lipinski definition) is 1. The number of fused-ring (bicyclic) bond motifs is 2. The van der Waals surface area contributed by atoms with E-state index < -0.39 is 16.5 Å². The Morgan fingerprint density at radius 1 is 0.600 bits per heavy atom. The first-order valence-corrected chi connectivity index (χ1v) is 15.0. The first kappa shape index (κ1) is 16.5. The van der Waals surface area contributed by atoms with Gasteiger partial charge in [-0.25, -0.2) is 0 Å². The van der Waals surface area contributed by atoms with Gasteiger partial charge in [0.05, 0.1) is 16.5 Å². The Morgan fingerprint density at radius 2 is 1.04 bits per heavy atom. The van der Waals surface area contributed by atoms with Crippen LogP contribution in [0.5, 0.6) is 0 Å². The van der Waals surface area contributed by atoms with Crippen LogP contribution >= 0.6 is 0 Å². The fraction of sp³-hybridized carbons (Fsp3) is 0.182. The molecule has 0 unspecified atom stereocenters. The van der Waals surface area contributed by atoms with Gasteiger partial charge in [0, 0.05) is 0 Å². The van der Waals surface area contributed by atoms with E-state index in [-0.39, 0.29) is 0 Å². The van der Waals surface area contributed by atoms with Crippen LogP contribution in [0.3, 0.4) is 0 Å². The van der Waals surface area contributed by atoms with E-state index in [1.807, 2.05) is 0 Å². The molecular formula is C22H25NSi2-2. The molecule has 0 spiro atoms. The fourth-order valence-corrected chi connectivity index (χ4v) is 14.4. The monoisotopic (exact) mass is 359 g/mol. The largest absolute Gasteiger partial charge is 0.365 e. The summed E-state index contributed by atoms with van der Waals surface area (Å²) >= 11 is 0. The Bertz CT molecular complexity index is 952. The lowest BCUT2D eigenvalue weighted by molar-refractivity contribution is 1.35. The van der Waals surface area contributed by atoms with Gasteiger partial charge >= 0.3 is 0 Å². The van der Waals surface area contributed by atoms with Crippen LogP contribution in [0.2, 0.25) is 26.2 Å². The van der Waals surface area contributed by atoms with E-state index in [4.69, 9.17) is 0 Å². The quantitative estimate of drug-likeness (QED) is 0.416. The molecule has 0 aliphatic rings. The van der Waals surface area contributed by atoms with Crippen LogP contribution in [0, 0.1) is 0 Å². The number of benzene rings is 2. The Hall–Kier alpha value is -1.95. The summed E-state index contributed by atoms with van der Waals surface area (Å²) < 4.78 is 4.20. The summed E-state index contributed by atoms with van der Waals surface area (Å²) in [6.45, 7) is 9.81. The van der Waals surface area contributed by atoms with E-state index in [2.05, 4.69) is 104 Å². The molecule has 0 heterocycles. The normalized spacial score (nSPS) is 13.0. The fourth-order valence-electron chi connectivity index (χ4n) is 4.31. The summed E-state index contributed by atoms with van der Waals surface area (Å²) in [5.74, 6) is 0. The van der Waals surface area contributed by atoms with Crippen LogP contribution in [-0.2, 0) is 0 Å². The van der Waals surface area contributed by atoms with Crippen LogP contribution < -0.4 is 15.0 Å². The number of nitrogens with one attached hydrogen (secondary N) is 1. The third kappa shape index (κ3) is 2.82. The molecular weight excluding hydrogens is 334 g/mol. The molecule has 128 valence electrons. The number of rotatable bonds is 4. The zero-order valence-electron chi connectivity index (χ0n) is 15.4. The summed E-state index contributed by atoms with van der Waals surface area (Å²) in [7, 11) is -3.52. The highest BCUT2D eigenvalue weighted by Crippen LogP contribution is 2.20. The van der Waals surface area contributed by atoms with Gasteiger partial charge in [0.25, 0.3) is 0 Å². The zero-order valence-corrected chi connectivity index (χ0v) is 17.4. The lowest BCUT2D eigenvalue weighted by atomic mass is 10.2. The minimum atomic E-state index is -1.76. The standard InChI is InChI=1S/C22H25NSi2/c1-24(2,21-15-13-17-9-5-7-11-19(17)21)23-25(3,4)22-16-14-18-10-6-8-12-20(18)22/h5-16,23H,1-4H3/q-2. The van der Waals surface area contributed by atoms with Crippen LogP contribution in [0.15, 0.2) is 72.8 Å². The summed E-state index contributed by atoms with van der Waals surface area (Å²) in [6.07, 6.45) is 0. The lowest BCUT2D eigenvalue weighted by Gasteiger charge is -2.39. The highest BCUT2D eigenvalue weighted by atomic mass is 28.4. The summed E-state index contributed by atoms with van der Waals surface area (Å²) in [6, 6.07) is 26.8. The second kappa shape index (κ2) is 5.80. The van der Waals surface area contributed by atoms with Crippen molar-refractivity contribution in [2.45, 2.75) is 26.2 Å². The molecule has 0 atom stereocenters. The van der Waals surface area contributed by atoms with Crippen LogP contribution in [0.1, 0.15) is 0 Å². The predicted octanol–water partition coefficient (Wildman–Crippen LogP) is 4.54. The SMILES string of the molecule is C[Si](C)(N[Si](C)(C)c1cc[c-]2ccccc12)c1cc[c-]2ccccc12. The zero-order chi connectivity index (χ0) is 17.7. The molecule has 25 heavy (non-hydrogen) atoms. The van der Waals surface area contributed by atoms with Crippen molar-refractivity contribution in [1.29, 1.82) is 0 Å². The lowest BCUT2D eigenvalue weighted by Crippen LogP contribution is -2.69. The molecule has 0 bridgehead atoms. The average molecular weight is 360 g/mol. The Labute approximate surface area is 152 Å². The molecule has 0 saturated carbocycles. The van der Waals surface area contributed by atoms with Crippen molar-refractivity contribution in [3.05, 3.63) is 72.8 Å². The molecule has 0 aliphatic carbocycles. The highest BCUT2D eigenvalue weighted by Gasteiger charge is 2.31. The maximum absolute atomic E-state index is 4.20. The minimum absolute atomic E-state index is 1.36. The van der Waals surface area contributed by atoms with Gasteiger partial charge in [-0.3, -0.25) is 0 Å². The van der Waals surface area contributed by atoms with Crippen LogP contribution in [0.25, 0.3) is 21.5 Å². The first-order chi connectivity index (χ1) is 11.9. The minimum Gasteiger partial charge on any atom is -0.365 e. The van der Waals surface area contributed by atoms with Crippen LogP contribution in [0.4, 0.5) is 0 Å². The molecule has 3 heteroatoms. The van der Waals surface area contributed by atoms with E-state index in [9.17, 15) is 0 Å². The second-order valence-electron chi connectivity index (χ2n) is 8.04. The van der Waals surface area contributed by atoms with Crippen molar-refractivity contribution in [2.24, 2.45) is 0 Å². The average Bonchev–Trinajstić information content (AvgIpc) is 3.18. The van der Waals surface area contributed by atoms with Gasteiger partial charge in [-0.1, -0.05) is 37.0 Å². The molecule has 1 N–H and O–H groups in total. The molecule has 0 saturated heterocycles. The molecule has 0 radical (unpaired) electrons. The van der Waals surface area contributed by atoms with Crippen molar-refractivity contribution in [3.8, 4) is 0 Å². The molecule has 1 nitrogen and oxygen atoms in total. The third-order valence-electron chi connectivity index (χ3n) is 5.33. The maximum Gasteiger partial charge on any atom is 0.0983 e. The van der Waals surface area contributed by atoms with Crippen molar-refractivity contribution in [3.63, 3.8) is 0 Å². The van der Waals surface area contributed by atoms with Gasteiger partial charge in [0.15, 0.2) is 0 Å². The van der Waals surface area contributed by atoms with E-state index in [1.54, 1.807) is 0 Å². The molecule has 0 fully saturated rings. The molecule has 4 aromatic carbocycles. The van der Waals surface area contributed by atoms with Gasteiger partial charge in [-0.2, -0.15) is 0 Å². The molecule has 0 aromatic heterocycles. The van der Waals surface area contributed by atoms with E-state index in [1.165, 1.54) is 31.9 Å². The summed E-state index contributed by atoms with van der Waals surface area (Å²) in [5, 5.41) is 8.61. The summed E-state index contributed by atoms with van der Waals surface area (Å²) in [5.41, 5.74) is 0. The molecule has 0 aliphatic heterocycles. The number of hydrogen-bond acceptors (Lipinski definition) is 1. The Balaban J connectivity index is 1.74. The maximum atomic E-state index is 4.20. The van der Waals surface area contributed by atoms with Crippen molar-refractivity contribution < 1.29 is 0 Å². The van der Waals surface area contributed by atoms with Crippen LogP contribution in [-0.4, -0.2) is 16.5 Å². The molecule has 4 aromatic rings. The first-order valence-electron chi connectivity index (χ1n) is 8.98. The van der Waals surface area contributed by atoms with Gasteiger partial charge in [-0.15, -0.1) is 93.9 Å². The third-order valence-corrected chi connectivity index (χ3v) is 13.9. The topological polar surface area (TPSA) is 12.0 Å². The highest BCUT2D eigenvalue weighted by molar-refractivity contribution is 7.04. The smallest absolute Gasteiger partial charge is 0.0983 e. The van der Waals surface area contributed by atoms with Crippen molar-refractivity contribution >= 4 is 48.4 Å². The Morgan fingerprint density at radius 3 is 1.48 bits per heavy atom. The Kier molecular flexibility index (Phi) is 3.83. The van der Waals surface area contributed by atoms with Gasteiger partial charge in [-0.05, 0) is 0 Å². The second-order valence-corrected chi connectivity index (χ2v) is 16.6. The molecule has 0 amide bonds. The van der Waals surface area contributed by atoms with Crippen molar-refractivity contribution in [1.82, 2.24) is 4.65 Å². The molecule has 4 rings (SSSR count). The van der Waals surface area contributed by atoms with E-state index in [0.717, 1.165) is 0 Å².